The summed E-state index contributed by atoms with van der Waals surface area (Å²) in [4.78, 5) is 8.49. The summed E-state index contributed by atoms with van der Waals surface area (Å²) in [6.07, 6.45) is 1.61. The van der Waals surface area contributed by atoms with Crippen molar-refractivity contribution in [2.24, 2.45) is 0 Å². The van der Waals surface area contributed by atoms with E-state index in [4.69, 9.17) is 24.4 Å². The van der Waals surface area contributed by atoms with Crippen molar-refractivity contribution >= 4 is 5.82 Å². The Morgan fingerprint density at radius 1 is 1.08 bits per heavy atom. The van der Waals surface area contributed by atoms with Crippen LogP contribution < -0.4 is 19.9 Å². The Bertz CT molecular complexity index is 877. The molecule has 0 fully saturated rings. The van der Waals surface area contributed by atoms with Crippen LogP contribution in [0.3, 0.4) is 0 Å². The number of benzene rings is 1. The van der Waals surface area contributed by atoms with Crippen LogP contribution >= 0.6 is 0 Å². The van der Waals surface area contributed by atoms with Crippen LogP contribution in [0.15, 0.2) is 40.9 Å². The molecule has 0 amide bonds. The zero-order chi connectivity index (χ0) is 17.8. The van der Waals surface area contributed by atoms with Crippen LogP contribution in [0.4, 0.5) is 5.82 Å². The average Bonchev–Trinajstić information content (AvgIpc) is 3.01. The number of nitrogens with two attached hydrogens (primary N) is 1. The maximum atomic E-state index is 5.77. The fraction of sp³-hybridized carbons (Fsp3) is 0.222. The summed E-state index contributed by atoms with van der Waals surface area (Å²) in [5.74, 6) is 3.26. The predicted molar refractivity (Wildman–Crippen MR) is 92.8 cm³/mol. The Labute approximate surface area is 145 Å². The molecule has 0 aliphatic heterocycles. The molecule has 7 heteroatoms. The average molecular weight is 341 g/mol. The highest BCUT2D eigenvalue weighted by atomic mass is 16.5. The maximum absolute atomic E-state index is 5.77. The molecule has 2 N–H and O–H groups in total. The lowest BCUT2D eigenvalue weighted by molar-refractivity contribution is 0.300. The van der Waals surface area contributed by atoms with E-state index in [-0.39, 0.29) is 6.61 Å². The Morgan fingerprint density at radius 3 is 2.60 bits per heavy atom. The number of hydrogen-bond donors (Lipinski definition) is 1. The van der Waals surface area contributed by atoms with Crippen LogP contribution in [-0.2, 0) is 6.61 Å². The van der Waals surface area contributed by atoms with Gasteiger partial charge in [-0.2, -0.15) is 0 Å². The summed E-state index contributed by atoms with van der Waals surface area (Å²) < 4.78 is 22.0. The van der Waals surface area contributed by atoms with Gasteiger partial charge in [0.2, 0.25) is 5.89 Å². The predicted octanol–water partition coefficient (Wildman–Crippen LogP) is 3.22. The minimum atomic E-state index is 0.235. The van der Waals surface area contributed by atoms with E-state index in [9.17, 15) is 0 Å². The second kappa shape index (κ2) is 7.12. The Balaban J connectivity index is 1.82. The van der Waals surface area contributed by atoms with E-state index >= 15 is 0 Å². The molecule has 3 rings (SSSR count). The van der Waals surface area contributed by atoms with Crippen LogP contribution in [0, 0.1) is 6.92 Å². The SMILES string of the molecule is COc1ccc(-c2nc(COc3cccnc3N)c(C)o2)cc1OC. The van der Waals surface area contributed by atoms with E-state index in [0.29, 0.717) is 40.4 Å². The molecule has 0 saturated carbocycles. The molecule has 1 aromatic carbocycles. The fourth-order valence-electron chi connectivity index (χ4n) is 2.33. The van der Waals surface area contributed by atoms with Crippen LogP contribution in [0.1, 0.15) is 11.5 Å². The molecular formula is C18H19N3O4. The van der Waals surface area contributed by atoms with Gasteiger partial charge in [0.05, 0.1) is 14.2 Å². The smallest absolute Gasteiger partial charge is 0.226 e. The van der Waals surface area contributed by atoms with E-state index in [1.54, 1.807) is 38.6 Å². The van der Waals surface area contributed by atoms with E-state index in [1.807, 2.05) is 19.1 Å². The highest BCUT2D eigenvalue weighted by Gasteiger charge is 2.15. The van der Waals surface area contributed by atoms with Crippen molar-refractivity contribution in [2.75, 3.05) is 20.0 Å². The molecule has 0 spiro atoms. The highest BCUT2D eigenvalue weighted by molar-refractivity contribution is 5.60. The molecule has 25 heavy (non-hydrogen) atoms. The Hall–Kier alpha value is -3.22. The number of anilines is 1. The normalized spacial score (nSPS) is 10.5. The van der Waals surface area contributed by atoms with Crippen molar-refractivity contribution in [2.45, 2.75) is 13.5 Å². The van der Waals surface area contributed by atoms with Crippen LogP contribution in [-0.4, -0.2) is 24.2 Å². The lowest BCUT2D eigenvalue weighted by Gasteiger charge is -2.07. The molecule has 2 heterocycles. The van der Waals surface area contributed by atoms with Gasteiger partial charge in [0.15, 0.2) is 23.1 Å². The number of aromatic nitrogens is 2. The zero-order valence-corrected chi connectivity index (χ0v) is 14.3. The van der Waals surface area contributed by atoms with Crippen LogP contribution in [0.2, 0.25) is 0 Å². The van der Waals surface area contributed by atoms with Gasteiger partial charge in [-0.25, -0.2) is 9.97 Å². The van der Waals surface area contributed by atoms with Gasteiger partial charge in [0, 0.05) is 11.8 Å². The molecule has 0 bridgehead atoms. The van der Waals surface area contributed by atoms with Crippen LogP contribution in [0.25, 0.3) is 11.5 Å². The summed E-state index contributed by atoms with van der Waals surface area (Å²) in [6, 6.07) is 8.99. The standard InChI is InChI=1S/C18H19N3O4/c1-11-13(10-24-15-5-4-8-20-17(15)19)21-18(25-11)12-6-7-14(22-2)16(9-12)23-3/h4-9H,10H2,1-3H3,(H2,19,20). The number of methoxy groups -OCH3 is 2. The molecule has 0 saturated heterocycles. The number of hydrogen-bond acceptors (Lipinski definition) is 7. The van der Waals surface area contributed by atoms with Gasteiger partial charge in [-0.1, -0.05) is 0 Å². The molecule has 130 valence electrons. The van der Waals surface area contributed by atoms with Gasteiger partial charge in [-0.05, 0) is 37.3 Å². The first-order chi connectivity index (χ1) is 12.1. The quantitative estimate of drug-likeness (QED) is 0.736. The Kier molecular flexibility index (Phi) is 4.74. The number of aryl methyl sites for hydroxylation is 1. The van der Waals surface area contributed by atoms with Gasteiger partial charge >= 0.3 is 0 Å². The van der Waals surface area contributed by atoms with Crippen molar-refractivity contribution in [3.05, 3.63) is 48.0 Å². The molecule has 0 unspecified atom stereocenters. The van der Waals surface area contributed by atoms with Gasteiger partial charge in [0.25, 0.3) is 0 Å². The summed E-state index contributed by atoms with van der Waals surface area (Å²) >= 11 is 0. The number of nitrogen functional groups attached to an aromatic ring is 1. The third-order valence-electron chi connectivity index (χ3n) is 3.69. The lowest BCUT2D eigenvalue weighted by Crippen LogP contribution is -2.01. The van der Waals surface area contributed by atoms with Crippen molar-refractivity contribution in [1.82, 2.24) is 9.97 Å². The monoisotopic (exact) mass is 341 g/mol. The number of ether oxygens (including phenoxy) is 3. The van der Waals surface area contributed by atoms with Gasteiger partial charge in [-0.3, -0.25) is 0 Å². The first-order valence-electron chi connectivity index (χ1n) is 7.64. The molecule has 0 aliphatic rings. The lowest BCUT2D eigenvalue weighted by atomic mass is 10.2. The minimum absolute atomic E-state index is 0.235. The van der Waals surface area contributed by atoms with E-state index in [2.05, 4.69) is 9.97 Å². The largest absolute Gasteiger partial charge is 0.493 e. The first kappa shape index (κ1) is 16.6. The number of pyridine rings is 1. The number of rotatable bonds is 6. The van der Waals surface area contributed by atoms with Crippen molar-refractivity contribution < 1.29 is 18.6 Å². The zero-order valence-electron chi connectivity index (χ0n) is 14.3. The fourth-order valence-corrected chi connectivity index (χ4v) is 2.33. The van der Waals surface area contributed by atoms with Crippen molar-refractivity contribution in [1.29, 1.82) is 0 Å². The van der Waals surface area contributed by atoms with E-state index in [0.717, 1.165) is 5.56 Å². The topological polar surface area (TPSA) is 92.6 Å². The maximum Gasteiger partial charge on any atom is 0.226 e. The Morgan fingerprint density at radius 2 is 1.88 bits per heavy atom. The number of oxazole rings is 1. The minimum Gasteiger partial charge on any atom is -0.493 e. The summed E-state index contributed by atoms with van der Waals surface area (Å²) in [7, 11) is 3.17. The molecule has 0 radical (unpaired) electrons. The molecule has 0 aliphatic carbocycles. The van der Waals surface area contributed by atoms with Crippen molar-refractivity contribution in [3.63, 3.8) is 0 Å². The highest BCUT2D eigenvalue weighted by Crippen LogP contribution is 2.32. The summed E-state index contributed by atoms with van der Waals surface area (Å²) in [5, 5.41) is 0. The second-order valence-corrected chi connectivity index (χ2v) is 5.27. The van der Waals surface area contributed by atoms with Crippen LogP contribution in [0.5, 0.6) is 17.2 Å². The van der Waals surface area contributed by atoms with Gasteiger partial charge in [0.1, 0.15) is 18.1 Å². The molecule has 0 atom stereocenters. The number of nitrogens with zero attached hydrogens (tertiary/aromatic N) is 2. The third kappa shape index (κ3) is 3.50. The molecular weight excluding hydrogens is 322 g/mol. The molecule has 2 aromatic heterocycles. The van der Waals surface area contributed by atoms with Gasteiger partial charge < -0.3 is 24.4 Å². The molecule has 3 aromatic rings. The summed E-state index contributed by atoms with van der Waals surface area (Å²) in [5.41, 5.74) is 7.25. The summed E-state index contributed by atoms with van der Waals surface area (Å²) in [6.45, 7) is 2.07. The van der Waals surface area contributed by atoms with Gasteiger partial charge in [-0.15, -0.1) is 0 Å². The third-order valence-corrected chi connectivity index (χ3v) is 3.69. The van der Waals surface area contributed by atoms with E-state index in [1.165, 1.54) is 0 Å². The van der Waals surface area contributed by atoms with Crippen molar-refractivity contribution in [3.8, 4) is 28.7 Å². The first-order valence-corrected chi connectivity index (χ1v) is 7.64. The molecule has 7 nitrogen and oxygen atoms in total. The van der Waals surface area contributed by atoms with E-state index < -0.39 is 0 Å². The second-order valence-electron chi connectivity index (χ2n) is 5.27.